The number of imide groups is 1. The molecule has 2 aliphatic rings. The molecule has 0 radical (unpaired) electrons. The summed E-state index contributed by atoms with van der Waals surface area (Å²) in [6, 6.07) is 25.5. The van der Waals surface area contributed by atoms with Gasteiger partial charge in [-0.15, -0.1) is 0 Å². The summed E-state index contributed by atoms with van der Waals surface area (Å²) in [5, 5.41) is 2.15. The Morgan fingerprint density at radius 2 is 1.41 bits per heavy atom. The van der Waals surface area contributed by atoms with Gasteiger partial charge in [-0.1, -0.05) is 66.2 Å². The molecule has 5 nitrogen and oxygen atoms in total. The van der Waals surface area contributed by atoms with Gasteiger partial charge in [-0.3, -0.25) is 14.4 Å². The molecule has 6 heteroatoms. The van der Waals surface area contributed by atoms with Gasteiger partial charge in [0.2, 0.25) is 5.91 Å². The van der Waals surface area contributed by atoms with Crippen LogP contribution >= 0.6 is 11.6 Å². The molecule has 144 valence electrons. The highest BCUT2D eigenvalue weighted by molar-refractivity contribution is 6.31. The fraction of sp³-hybridized carbons (Fsp3) is 0.130. The maximum Gasteiger partial charge on any atom is 0.266 e. The van der Waals surface area contributed by atoms with E-state index in [1.807, 2.05) is 60.7 Å². The average Bonchev–Trinajstić information content (AvgIpc) is 3.26. The van der Waals surface area contributed by atoms with Crippen LogP contribution in [0.2, 0.25) is 5.02 Å². The summed E-state index contributed by atoms with van der Waals surface area (Å²) in [4.78, 5) is 33.9. The van der Waals surface area contributed by atoms with Crippen LogP contribution in [0.5, 0.6) is 0 Å². The van der Waals surface area contributed by atoms with E-state index < -0.39 is 18.1 Å². The van der Waals surface area contributed by atoms with Crippen molar-refractivity contribution in [3.8, 4) is 0 Å². The zero-order valence-electron chi connectivity index (χ0n) is 15.3. The molecular formula is C23H17ClN2O3. The Balaban J connectivity index is 1.59. The lowest BCUT2D eigenvalue weighted by Gasteiger charge is -2.28. The number of fused-ring (bicyclic) bond motifs is 1. The highest BCUT2D eigenvalue weighted by Gasteiger charge is 2.60. The van der Waals surface area contributed by atoms with Crippen LogP contribution in [-0.2, 0) is 14.4 Å². The van der Waals surface area contributed by atoms with E-state index >= 15 is 0 Å². The second-order valence-corrected chi connectivity index (χ2v) is 7.50. The Bertz CT molecular complexity index is 1070. The number of hydrogen-bond acceptors (Lipinski definition) is 4. The lowest BCUT2D eigenvalue weighted by atomic mass is 9.90. The van der Waals surface area contributed by atoms with E-state index in [9.17, 15) is 9.59 Å². The van der Waals surface area contributed by atoms with Crippen LogP contribution in [0.15, 0.2) is 84.9 Å². The van der Waals surface area contributed by atoms with Crippen LogP contribution in [0.25, 0.3) is 0 Å². The summed E-state index contributed by atoms with van der Waals surface area (Å²) in [5.74, 6) is -1.31. The minimum absolute atomic E-state index is 0.283. The lowest BCUT2D eigenvalue weighted by Crippen LogP contribution is -2.37. The van der Waals surface area contributed by atoms with E-state index in [1.54, 1.807) is 29.3 Å². The molecule has 0 saturated carbocycles. The molecular weight excluding hydrogens is 388 g/mol. The number of anilines is 2. The first kappa shape index (κ1) is 17.9. The monoisotopic (exact) mass is 404 g/mol. The molecule has 0 N–H and O–H groups in total. The minimum atomic E-state index is -0.883. The van der Waals surface area contributed by atoms with Gasteiger partial charge < -0.3 is 0 Å². The Hall–Kier alpha value is -3.15. The van der Waals surface area contributed by atoms with E-state index in [2.05, 4.69) is 0 Å². The van der Waals surface area contributed by atoms with Gasteiger partial charge in [0.05, 0.1) is 17.4 Å². The highest BCUT2D eigenvalue weighted by atomic mass is 35.5. The van der Waals surface area contributed by atoms with Gasteiger partial charge >= 0.3 is 0 Å². The second-order valence-electron chi connectivity index (χ2n) is 7.06. The van der Waals surface area contributed by atoms with Crippen LogP contribution in [0.3, 0.4) is 0 Å². The van der Waals surface area contributed by atoms with Crippen molar-refractivity contribution in [2.24, 2.45) is 5.92 Å². The Kier molecular flexibility index (Phi) is 4.34. The first-order chi connectivity index (χ1) is 14.1. The first-order valence-electron chi connectivity index (χ1n) is 9.34. The van der Waals surface area contributed by atoms with Crippen molar-refractivity contribution in [2.75, 3.05) is 9.96 Å². The molecule has 3 aromatic carbocycles. The minimum Gasteiger partial charge on any atom is -0.273 e. The number of nitrogens with zero attached hydrogens (tertiary/aromatic N) is 2. The fourth-order valence-corrected chi connectivity index (χ4v) is 4.26. The van der Waals surface area contributed by atoms with Gasteiger partial charge in [0.25, 0.3) is 5.91 Å². The molecule has 0 bridgehead atoms. The number of rotatable bonds is 3. The van der Waals surface area contributed by atoms with Gasteiger partial charge in [-0.2, -0.15) is 0 Å². The summed E-state index contributed by atoms with van der Waals surface area (Å²) in [5.41, 5.74) is 2.17. The summed E-state index contributed by atoms with van der Waals surface area (Å²) < 4.78 is 0. The van der Waals surface area contributed by atoms with Crippen molar-refractivity contribution in [1.29, 1.82) is 0 Å². The molecule has 2 aliphatic heterocycles. The van der Waals surface area contributed by atoms with Crippen LogP contribution < -0.4 is 9.96 Å². The zero-order chi connectivity index (χ0) is 20.0. The van der Waals surface area contributed by atoms with Crippen LogP contribution in [-0.4, -0.2) is 17.9 Å². The maximum absolute atomic E-state index is 13.4. The molecule has 2 fully saturated rings. The van der Waals surface area contributed by atoms with Crippen molar-refractivity contribution < 1.29 is 14.4 Å². The van der Waals surface area contributed by atoms with Crippen molar-refractivity contribution in [2.45, 2.75) is 12.1 Å². The van der Waals surface area contributed by atoms with Crippen molar-refractivity contribution in [1.82, 2.24) is 0 Å². The molecule has 29 heavy (non-hydrogen) atoms. The van der Waals surface area contributed by atoms with E-state index in [4.69, 9.17) is 16.4 Å². The Morgan fingerprint density at radius 3 is 2.10 bits per heavy atom. The Labute approximate surface area is 173 Å². The molecule has 2 saturated heterocycles. The number of para-hydroxylation sites is 1. The van der Waals surface area contributed by atoms with Gasteiger partial charge in [-0.05, 0) is 35.9 Å². The maximum atomic E-state index is 13.4. The smallest absolute Gasteiger partial charge is 0.266 e. The predicted molar refractivity (Wildman–Crippen MR) is 110 cm³/mol. The van der Waals surface area contributed by atoms with Crippen molar-refractivity contribution in [3.63, 3.8) is 0 Å². The third kappa shape index (κ3) is 2.90. The fourth-order valence-electron chi connectivity index (χ4n) is 4.07. The zero-order valence-corrected chi connectivity index (χ0v) is 16.1. The summed E-state index contributed by atoms with van der Waals surface area (Å²) in [7, 11) is 0. The molecule has 3 aromatic rings. The van der Waals surface area contributed by atoms with E-state index in [-0.39, 0.29) is 11.8 Å². The van der Waals surface area contributed by atoms with Crippen molar-refractivity contribution >= 4 is 34.8 Å². The van der Waals surface area contributed by atoms with Gasteiger partial charge in [0, 0.05) is 5.02 Å². The molecule has 0 unspecified atom stereocenters. The Morgan fingerprint density at radius 1 is 0.759 bits per heavy atom. The summed E-state index contributed by atoms with van der Waals surface area (Å²) >= 11 is 6.08. The topological polar surface area (TPSA) is 49.9 Å². The van der Waals surface area contributed by atoms with Crippen molar-refractivity contribution in [3.05, 3.63) is 95.5 Å². The van der Waals surface area contributed by atoms with Crippen LogP contribution in [0.1, 0.15) is 11.6 Å². The third-order valence-electron chi connectivity index (χ3n) is 5.33. The normalized spacial score (nSPS) is 23.6. The molecule has 3 atom stereocenters. The second kappa shape index (κ2) is 7.03. The molecule has 0 spiro atoms. The number of hydrogen-bond donors (Lipinski definition) is 0. The molecule has 2 heterocycles. The number of carbonyl (C=O) groups is 2. The predicted octanol–water partition coefficient (Wildman–Crippen LogP) is 4.39. The SMILES string of the molecule is O=C1[C@@H]2[C@H](ON(c3ccccc3)[C@@H]2c2ccccc2)C(=O)N1c1cccc(Cl)c1. The number of carbonyl (C=O) groups excluding carboxylic acids is 2. The van der Waals surface area contributed by atoms with E-state index in [0.29, 0.717) is 10.7 Å². The quantitative estimate of drug-likeness (QED) is 0.607. The van der Waals surface area contributed by atoms with Crippen LogP contribution in [0.4, 0.5) is 11.4 Å². The van der Waals surface area contributed by atoms with E-state index in [0.717, 1.165) is 11.3 Å². The van der Waals surface area contributed by atoms with Crippen LogP contribution in [0, 0.1) is 5.92 Å². The average molecular weight is 405 g/mol. The third-order valence-corrected chi connectivity index (χ3v) is 5.57. The number of halogens is 1. The summed E-state index contributed by atoms with van der Waals surface area (Å²) in [6.45, 7) is 0. The molecule has 0 aliphatic carbocycles. The van der Waals surface area contributed by atoms with Gasteiger partial charge in [0.15, 0.2) is 6.10 Å². The van der Waals surface area contributed by atoms with Gasteiger partial charge in [-0.25, -0.2) is 9.96 Å². The van der Waals surface area contributed by atoms with E-state index in [1.165, 1.54) is 4.90 Å². The molecule has 5 rings (SSSR count). The largest absolute Gasteiger partial charge is 0.273 e. The standard InChI is InChI=1S/C23H17ClN2O3/c24-16-10-7-13-18(14-16)25-22(27)19-20(15-8-3-1-4-9-15)26(29-21(19)23(25)28)17-11-5-2-6-12-17/h1-14,19-21H/t19-,20+,21-/m0/s1. The van der Waals surface area contributed by atoms with Gasteiger partial charge in [0.1, 0.15) is 5.92 Å². The highest BCUT2D eigenvalue weighted by Crippen LogP contribution is 2.47. The number of amides is 2. The number of hydroxylamine groups is 1. The molecule has 0 aromatic heterocycles. The number of benzene rings is 3. The molecule has 2 amide bonds. The lowest BCUT2D eigenvalue weighted by molar-refractivity contribution is -0.126. The summed E-state index contributed by atoms with van der Waals surface area (Å²) in [6.07, 6.45) is -0.883. The first-order valence-corrected chi connectivity index (χ1v) is 9.72.